The lowest BCUT2D eigenvalue weighted by atomic mass is 10.00. The van der Waals surface area contributed by atoms with Gasteiger partial charge in [-0.25, -0.2) is 10.3 Å². The summed E-state index contributed by atoms with van der Waals surface area (Å²) in [6, 6.07) is 5.58. The number of aromatic hydroxyl groups is 1. The van der Waals surface area contributed by atoms with Crippen LogP contribution in [0.3, 0.4) is 0 Å². The van der Waals surface area contributed by atoms with E-state index in [-0.39, 0.29) is 18.6 Å². The number of benzene rings is 1. The van der Waals surface area contributed by atoms with E-state index < -0.39 is 17.5 Å². The minimum Gasteiger partial charge on any atom is -0.508 e. The molecule has 0 saturated carbocycles. The van der Waals surface area contributed by atoms with E-state index >= 15 is 0 Å². The molecular weight excluding hydrogens is 280 g/mol. The molecule has 0 saturated heterocycles. The summed E-state index contributed by atoms with van der Waals surface area (Å²) in [5, 5.41) is 9.25. The van der Waals surface area contributed by atoms with E-state index in [9.17, 15) is 19.5 Å². The van der Waals surface area contributed by atoms with Crippen LogP contribution in [0.1, 0.15) is 18.9 Å². The van der Waals surface area contributed by atoms with Gasteiger partial charge in [0.05, 0.1) is 6.42 Å². The van der Waals surface area contributed by atoms with Gasteiger partial charge in [0.25, 0.3) is 0 Å². The van der Waals surface area contributed by atoms with Gasteiger partial charge >= 0.3 is 0 Å². The zero-order chi connectivity index (χ0) is 15.9. The maximum absolute atomic E-state index is 11.7. The van der Waals surface area contributed by atoms with E-state index in [0.29, 0.717) is 5.56 Å². The fourth-order valence-corrected chi connectivity index (χ4v) is 1.51. The van der Waals surface area contributed by atoms with E-state index in [1.807, 2.05) is 5.48 Å². The first-order chi connectivity index (χ1) is 9.87. The van der Waals surface area contributed by atoms with Gasteiger partial charge in [0.2, 0.25) is 18.2 Å². The predicted octanol–water partition coefficient (Wildman–Crippen LogP) is -1.26. The summed E-state index contributed by atoms with van der Waals surface area (Å²) in [7, 11) is 0. The SMILES string of the molecule is CC(=O)NNC(=O)CC(N)(ONC=O)c1ccc(O)cc1. The van der Waals surface area contributed by atoms with Crippen LogP contribution in [0.5, 0.6) is 5.75 Å². The monoisotopic (exact) mass is 296 g/mol. The van der Waals surface area contributed by atoms with Crippen LogP contribution in [0.25, 0.3) is 0 Å². The van der Waals surface area contributed by atoms with Crippen molar-refractivity contribution < 1.29 is 24.3 Å². The molecule has 0 radical (unpaired) electrons. The normalized spacial score (nSPS) is 12.9. The Balaban J connectivity index is 2.87. The number of hydrogen-bond acceptors (Lipinski definition) is 6. The van der Waals surface area contributed by atoms with Crippen molar-refractivity contribution in [2.24, 2.45) is 5.73 Å². The second-order valence-corrected chi connectivity index (χ2v) is 4.18. The molecule has 6 N–H and O–H groups in total. The number of nitrogens with one attached hydrogen (secondary N) is 3. The Hall–Kier alpha value is -2.65. The minimum absolute atomic E-state index is 0.00662. The molecule has 0 aliphatic heterocycles. The number of hydrazine groups is 1. The number of nitrogens with two attached hydrogens (primary N) is 1. The number of amides is 3. The molecule has 0 bridgehead atoms. The first-order valence-corrected chi connectivity index (χ1v) is 5.88. The van der Waals surface area contributed by atoms with Gasteiger partial charge in [-0.05, 0) is 12.1 Å². The Morgan fingerprint density at radius 3 is 2.48 bits per heavy atom. The van der Waals surface area contributed by atoms with Gasteiger partial charge in [0, 0.05) is 12.5 Å². The molecule has 0 aliphatic carbocycles. The number of hydroxylamine groups is 1. The summed E-state index contributed by atoms with van der Waals surface area (Å²) in [6.45, 7) is 1.22. The molecule has 1 unspecified atom stereocenters. The summed E-state index contributed by atoms with van der Waals surface area (Å²) in [5.41, 5.74) is 10.8. The van der Waals surface area contributed by atoms with Crippen LogP contribution in [0, 0.1) is 0 Å². The zero-order valence-electron chi connectivity index (χ0n) is 11.3. The van der Waals surface area contributed by atoms with Crippen LogP contribution in [-0.2, 0) is 24.9 Å². The van der Waals surface area contributed by atoms with Crippen molar-refractivity contribution >= 4 is 18.2 Å². The summed E-state index contributed by atoms with van der Waals surface area (Å²) >= 11 is 0. The van der Waals surface area contributed by atoms with E-state index in [4.69, 9.17) is 10.6 Å². The number of phenols is 1. The molecule has 114 valence electrons. The maximum atomic E-state index is 11.7. The molecule has 0 aromatic heterocycles. The highest BCUT2D eigenvalue weighted by Gasteiger charge is 2.32. The zero-order valence-corrected chi connectivity index (χ0v) is 11.3. The van der Waals surface area contributed by atoms with Gasteiger partial charge in [-0.2, -0.15) is 0 Å². The lowest BCUT2D eigenvalue weighted by Gasteiger charge is -2.28. The van der Waals surface area contributed by atoms with Crippen molar-refractivity contribution in [1.29, 1.82) is 0 Å². The van der Waals surface area contributed by atoms with Gasteiger partial charge in [-0.1, -0.05) is 12.1 Å². The summed E-state index contributed by atoms with van der Waals surface area (Å²) in [6.07, 6.45) is -0.132. The second kappa shape index (κ2) is 7.22. The van der Waals surface area contributed by atoms with Crippen molar-refractivity contribution in [3.05, 3.63) is 29.8 Å². The molecule has 0 heterocycles. The lowest BCUT2D eigenvalue weighted by molar-refractivity contribution is -0.152. The predicted molar refractivity (Wildman–Crippen MR) is 70.8 cm³/mol. The molecule has 1 aromatic rings. The summed E-state index contributed by atoms with van der Waals surface area (Å²) in [5.74, 6) is -1.08. The molecule has 9 nitrogen and oxygen atoms in total. The summed E-state index contributed by atoms with van der Waals surface area (Å²) in [4.78, 5) is 37.8. The highest BCUT2D eigenvalue weighted by molar-refractivity contribution is 5.81. The highest BCUT2D eigenvalue weighted by Crippen LogP contribution is 2.24. The number of phenolic OH excluding ortho intramolecular Hbond substituents is 1. The van der Waals surface area contributed by atoms with Crippen LogP contribution in [0.4, 0.5) is 0 Å². The smallest absolute Gasteiger partial charge is 0.243 e. The topological polar surface area (TPSA) is 143 Å². The molecule has 1 rings (SSSR count). The fourth-order valence-electron chi connectivity index (χ4n) is 1.51. The first kappa shape index (κ1) is 16.4. The van der Waals surface area contributed by atoms with Crippen molar-refractivity contribution in [1.82, 2.24) is 16.3 Å². The van der Waals surface area contributed by atoms with Gasteiger partial charge in [0.15, 0.2) is 5.72 Å². The Labute approximate surface area is 120 Å². The van der Waals surface area contributed by atoms with E-state index in [0.717, 1.165) is 0 Å². The Morgan fingerprint density at radius 2 is 1.95 bits per heavy atom. The lowest BCUT2D eigenvalue weighted by Crippen LogP contribution is -2.50. The van der Waals surface area contributed by atoms with Crippen LogP contribution in [0.2, 0.25) is 0 Å². The van der Waals surface area contributed by atoms with Crippen LogP contribution >= 0.6 is 0 Å². The third-order valence-electron chi connectivity index (χ3n) is 2.45. The molecule has 0 fully saturated rings. The maximum Gasteiger partial charge on any atom is 0.243 e. The van der Waals surface area contributed by atoms with Crippen LogP contribution in [0.15, 0.2) is 24.3 Å². The Kier molecular flexibility index (Phi) is 5.64. The summed E-state index contributed by atoms with van der Waals surface area (Å²) < 4.78 is 0. The standard InChI is InChI=1S/C12H16N4O5/c1-8(18)15-16-11(20)6-12(13,21-14-7-17)9-2-4-10(19)5-3-9/h2-5,7,19H,6,13H2,1H3,(H,14,17)(H,15,18)(H,16,20). The van der Waals surface area contributed by atoms with Crippen molar-refractivity contribution in [2.75, 3.05) is 0 Å². The third kappa shape index (κ3) is 5.09. The van der Waals surface area contributed by atoms with E-state index in [2.05, 4.69) is 10.9 Å². The third-order valence-corrected chi connectivity index (χ3v) is 2.45. The molecule has 3 amide bonds. The number of hydrogen-bond donors (Lipinski definition) is 5. The molecule has 21 heavy (non-hydrogen) atoms. The average Bonchev–Trinajstić information content (AvgIpc) is 2.43. The molecule has 1 aromatic carbocycles. The van der Waals surface area contributed by atoms with Crippen molar-refractivity contribution in [3.63, 3.8) is 0 Å². The average molecular weight is 296 g/mol. The van der Waals surface area contributed by atoms with E-state index in [1.165, 1.54) is 31.2 Å². The largest absolute Gasteiger partial charge is 0.508 e. The fraction of sp³-hybridized carbons (Fsp3) is 0.250. The van der Waals surface area contributed by atoms with E-state index in [1.54, 1.807) is 0 Å². The minimum atomic E-state index is -1.67. The quantitative estimate of drug-likeness (QED) is 0.252. The molecule has 0 spiro atoms. The number of rotatable bonds is 6. The van der Waals surface area contributed by atoms with Gasteiger partial charge in [0.1, 0.15) is 5.75 Å². The number of carbonyl (C=O) groups excluding carboxylic acids is 3. The number of carbonyl (C=O) groups is 3. The van der Waals surface area contributed by atoms with Gasteiger partial charge < -0.3 is 5.11 Å². The molecule has 1 atom stereocenters. The molecule has 0 aliphatic rings. The highest BCUT2D eigenvalue weighted by atomic mass is 16.7. The van der Waals surface area contributed by atoms with Gasteiger partial charge in [-0.3, -0.25) is 31.0 Å². The first-order valence-electron chi connectivity index (χ1n) is 5.88. The van der Waals surface area contributed by atoms with Crippen molar-refractivity contribution in [2.45, 2.75) is 19.1 Å². The van der Waals surface area contributed by atoms with Crippen molar-refractivity contribution in [3.8, 4) is 5.75 Å². The Bertz CT molecular complexity index is 519. The van der Waals surface area contributed by atoms with Crippen LogP contribution < -0.4 is 22.1 Å². The van der Waals surface area contributed by atoms with Gasteiger partial charge in [-0.15, -0.1) is 0 Å². The second-order valence-electron chi connectivity index (χ2n) is 4.18. The molecular formula is C12H16N4O5. The van der Waals surface area contributed by atoms with Crippen LogP contribution in [-0.4, -0.2) is 23.3 Å². The Morgan fingerprint density at radius 1 is 1.33 bits per heavy atom. The molecule has 9 heteroatoms.